The number of ether oxygens (including phenoxy) is 1. The molecular formula is C25H27N3O4S. The van der Waals surface area contributed by atoms with Crippen LogP contribution >= 0.6 is 11.8 Å². The number of hydrogen-bond donors (Lipinski definition) is 1. The topological polar surface area (TPSA) is 86.4 Å². The van der Waals surface area contributed by atoms with Crippen LogP contribution in [0.5, 0.6) is 0 Å². The first-order valence-corrected chi connectivity index (χ1v) is 12.0. The first kappa shape index (κ1) is 23.1. The summed E-state index contributed by atoms with van der Waals surface area (Å²) in [6, 6.07) is 13.4. The van der Waals surface area contributed by atoms with Crippen molar-refractivity contribution in [3.8, 4) is 0 Å². The van der Waals surface area contributed by atoms with Gasteiger partial charge in [0.05, 0.1) is 5.75 Å². The van der Waals surface area contributed by atoms with E-state index in [1.807, 2.05) is 63.2 Å². The van der Waals surface area contributed by atoms with Crippen molar-refractivity contribution in [2.24, 2.45) is 0 Å². The summed E-state index contributed by atoms with van der Waals surface area (Å²) in [5.41, 5.74) is 3.99. The predicted octanol–water partition coefficient (Wildman–Crippen LogP) is 4.92. The molecule has 0 bridgehead atoms. The highest BCUT2D eigenvalue weighted by atomic mass is 32.2. The fourth-order valence-corrected chi connectivity index (χ4v) is 4.43. The third-order valence-electron chi connectivity index (χ3n) is 5.32. The summed E-state index contributed by atoms with van der Waals surface area (Å²) in [4.78, 5) is 30.7. The number of furan rings is 1. The van der Waals surface area contributed by atoms with Crippen molar-refractivity contribution >= 4 is 45.4 Å². The van der Waals surface area contributed by atoms with Crippen molar-refractivity contribution in [3.05, 3.63) is 63.9 Å². The lowest BCUT2D eigenvalue weighted by Crippen LogP contribution is -2.24. The SMILES string of the molecule is CCOCCCn1c(SCC(=O)Nc2cc(C)ccc2C)nc2c(oc3ccccc32)c1=O. The molecule has 0 radical (unpaired) electrons. The Morgan fingerprint density at radius 1 is 1.21 bits per heavy atom. The lowest BCUT2D eigenvalue weighted by Gasteiger charge is -2.12. The molecule has 2 aromatic heterocycles. The summed E-state index contributed by atoms with van der Waals surface area (Å²) >= 11 is 1.25. The number of benzene rings is 2. The molecule has 4 aromatic rings. The van der Waals surface area contributed by atoms with Crippen molar-refractivity contribution in [3.63, 3.8) is 0 Å². The highest BCUT2D eigenvalue weighted by Gasteiger charge is 2.18. The van der Waals surface area contributed by atoms with Crippen molar-refractivity contribution < 1.29 is 13.9 Å². The van der Waals surface area contributed by atoms with Crippen LogP contribution in [-0.2, 0) is 16.1 Å². The zero-order valence-electron chi connectivity index (χ0n) is 19.0. The van der Waals surface area contributed by atoms with Gasteiger partial charge in [0.1, 0.15) is 11.1 Å². The molecule has 2 heterocycles. The zero-order valence-corrected chi connectivity index (χ0v) is 19.8. The van der Waals surface area contributed by atoms with Crippen LogP contribution in [0.2, 0.25) is 0 Å². The van der Waals surface area contributed by atoms with Crippen molar-refractivity contribution in [1.82, 2.24) is 9.55 Å². The fourth-order valence-electron chi connectivity index (χ4n) is 3.62. The minimum absolute atomic E-state index is 0.132. The number of nitrogens with one attached hydrogen (secondary N) is 1. The summed E-state index contributed by atoms with van der Waals surface area (Å²) < 4.78 is 12.8. The van der Waals surface area contributed by atoms with Gasteiger partial charge in [0.15, 0.2) is 5.16 Å². The Balaban J connectivity index is 1.62. The second-order valence-corrected chi connectivity index (χ2v) is 8.78. The molecule has 8 heteroatoms. The van der Waals surface area contributed by atoms with E-state index in [1.54, 1.807) is 4.57 Å². The Kier molecular flexibility index (Phi) is 7.15. The molecule has 1 amide bonds. The molecule has 0 aliphatic carbocycles. The molecule has 1 N–H and O–H groups in total. The van der Waals surface area contributed by atoms with Gasteiger partial charge < -0.3 is 14.5 Å². The molecule has 0 spiro atoms. The van der Waals surface area contributed by atoms with Gasteiger partial charge in [-0.1, -0.05) is 36.0 Å². The van der Waals surface area contributed by atoms with Crippen molar-refractivity contribution in [2.45, 2.75) is 38.9 Å². The van der Waals surface area contributed by atoms with E-state index in [0.717, 1.165) is 22.2 Å². The van der Waals surface area contributed by atoms with Crippen LogP contribution in [0, 0.1) is 13.8 Å². The summed E-state index contributed by atoms with van der Waals surface area (Å²) in [6.45, 7) is 7.47. The van der Waals surface area contributed by atoms with Gasteiger partial charge in [0, 0.05) is 30.8 Å². The minimum Gasteiger partial charge on any atom is -0.448 e. The summed E-state index contributed by atoms with van der Waals surface area (Å²) in [5, 5.41) is 4.24. The molecule has 4 rings (SSSR count). The number of carbonyl (C=O) groups is 1. The van der Waals surface area contributed by atoms with Crippen LogP contribution in [0.1, 0.15) is 24.5 Å². The molecule has 33 heavy (non-hydrogen) atoms. The highest BCUT2D eigenvalue weighted by Crippen LogP contribution is 2.27. The van der Waals surface area contributed by atoms with E-state index in [9.17, 15) is 9.59 Å². The quantitative estimate of drug-likeness (QED) is 0.215. The lowest BCUT2D eigenvalue weighted by molar-refractivity contribution is -0.113. The van der Waals surface area contributed by atoms with Gasteiger partial charge in [-0.05, 0) is 56.5 Å². The highest BCUT2D eigenvalue weighted by molar-refractivity contribution is 7.99. The molecular weight excluding hydrogens is 438 g/mol. The molecule has 2 aromatic carbocycles. The van der Waals surface area contributed by atoms with Crippen LogP contribution < -0.4 is 10.9 Å². The number of carbonyl (C=O) groups excluding carboxylic acids is 1. The van der Waals surface area contributed by atoms with Crippen LogP contribution in [0.3, 0.4) is 0 Å². The zero-order chi connectivity index (χ0) is 23.4. The smallest absolute Gasteiger partial charge is 0.297 e. The number of aryl methyl sites for hydroxylation is 2. The Hall–Kier alpha value is -3.10. The number of thioether (sulfide) groups is 1. The number of rotatable bonds is 9. The van der Waals surface area contributed by atoms with E-state index < -0.39 is 0 Å². The Morgan fingerprint density at radius 3 is 2.85 bits per heavy atom. The van der Waals surface area contributed by atoms with Gasteiger partial charge in [0.2, 0.25) is 11.5 Å². The summed E-state index contributed by atoms with van der Waals surface area (Å²) in [7, 11) is 0. The number of amides is 1. The molecule has 7 nitrogen and oxygen atoms in total. The predicted molar refractivity (Wildman–Crippen MR) is 132 cm³/mol. The number of nitrogens with zero attached hydrogens (tertiary/aromatic N) is 2. The van der Waals surface area contributed by atoms with Crippen molar-refractivity contribution in [1.29, 1.82) is 0 Å². The fraction of sp³-hybridized carbons (Fsp3) is 0.320. The van der Waals surface area contributed by atoms with Gasteiger partial charge in [-0.2, -0.15) is 0 Å². The van der Waals surface area contributed by atoms with Crippen molar-refractivity contribution in [2.75, 3.05) is 24.3 Å². The van der Waals surface area contributed by atoms with E-state index in [1.165, 1.54) is 11.8 Å². The van der Waals surface area contributed by atoms with E-state index in [0.29, 0.717) is 42.4 Å². The average Bonchev–Trinajstić information content (AvgIpc) is 3.18. The minimum atomic E-state index is -0.245. The van der Waals surface area contributed by atoms with Crippen LogP contribution in [0.15, 0.2) is 56.8 Å². The van der Waals surface area contributed by atoms with Crippen LogP contribution in [0.4, 0.5) is 5.69 Å². The van der Waals surface area contributed by atoms with Gasteiger partial charge in [-0.3, -0.25) is 14.2 Å². The molecule has 0 aliphatic heterocycles. The first-order chi connectivity index (χ1) is 16.0. The normalized spacial score (nSPS) is 11.4. The number of anilines is 1. The van der Waals surface area contributed by atoms with Crippen LogP contribution in [0.25, 0.3) is 22.1 Å². The number of aromatic nitrogens is 2. The maximum atomic E-state index is 13.3. The number of para-hydroxylation sites is 1. The van der Waals surface area contributed by atoms with E-state index in [2.05, 4.69) is 5.32 Å². The monoisotopic (exact) mass is 465 g/mol. The summed E-state index contributed by atoms with van der Waals surface area (Å²) in [5.74, 6) is -0.0204. The van der Waals surface area contributed by atoms with Gasteiger partial charge >= 0.3 is 0 Å². The maximum absolute atomic E-state index is 13.3. The largest absolute Gasteiger partial charge is 0.448 e. The lowest BCUT2D eigenvalue weighted by atomic mass is 10.1. The van der Waals surface area contributed by atoms with E-state index in [-0.39, 0.29) is 22.8 Å². The molecule has 0 atom stereocenters. The van der Waals surface area contributed by atoms with Gasteiger partial charge in [0.25, 0.3) is 5.56 Å². The maximum Gasteiger partial charge on any atom is 0.297 e. The molecule has 0 fully saturated rings. The standard InChI is InChI=1S/C25H27N3O4S/c1-4-31-13-7-12-28-24(30)23-22(18-8-5-6-9-20(18)32-23)27-25(28)33-15-21(29)26-19-14-16(2)10-11-17(19)3/h5-6,8-11,14H,4,7,12-13,15H2,1-3H3,(H,26,29). The van der Waals surface area contributed by atoms with Gasteiger partial charge in [-0.15, -0.1) is 0 Å². The Morgan fingerprint density at radius 2 is 2.03 bits per heavy atom. The van der Waals surface area contributed by atoms with Gasteiger partial charge in [-0.25, -0.2) is 4.98 Å². The number of hydrogen-bond acceptors (Lipinski definition) is 6. The Bertz CT molecular complexity index is 1360. The molecule has 172 valence electrons. The third-order valence-corrected chi connectivity index (χ3v) is 6.30. The average molecular weight is 466 g/mol. The first-order valence-electron chi connectivity index (χ1n) is 11.0. The van der Waals surface area contributed by atoms with E-state index in [4.69, 9.17) is 14.1 Å². The van der Waals surface area contributed by atoms with Crippen LogP contribution in [-0.4, -0.2) is 34.4 Å². The van der Waals surface area contributed by atoms with E-state index >= 15 is 0 Å². The molecule has 0 aliphatic rings. The summed E-state index contributed by atoms with van der Waals surface area (Å²) in [6.07, 6.45) is 0.656. The second-order valence-electron chi connectivity index (χ2n) is 7.83. The molecule has 0 unspecified atom stereocenters. The second kappa shape index (κ2) is 10.2. The molecule has 0 saturated carbocycles. The number of fused-ring (bicyclic) bond motifs is 3. The molecule has 0 saturated heterocycles. The third kappa shape index (κ3) is 5.12. The Labute approximate surface area is 196 Å².